The summed E-state index contributed by atoms with van der Waals surface area (Å²) in [6, 6.07) is 21.3. The molecule has 1 atom stereocenters. The molecule has 1 aromatic heterocycles. The van der Waals surface area contributed by atoms with E-state index in [0.717, 1.165) is 68.7 Å². The number of hydrogen-bond donors (Lipinski definition) is 1. The first-order valence-corrected chi connectivity index (χ1v) is 13.1. The monoisotopic (exact) mass is 537 g/mol. The van der Waals surface area contributed by atoms with Crippen molar-refractivity contribution in [3.8, 4) is 5.75 Å². The van der Waals surface area contributed by atoms with Crippen molar-refractivity contribution in [3.63, 3.8) is 0 Å². The van der Waals surface area contributed by atoms with E-state index in [4.69, 9.17) is 9.15 Å². The molecule has 2 aromatic carbocycles. The van der Waals surface area contributed by atoms with E-state index >= 15 is 0 Å². The second-order valence-electron chi connectivity index (χ2n) is 10.1. The Bertz CT molecular complexity index is 1180. The molecule has 202 valence electrons. The van der Waals surface area contributed by atoms with Gasteiger partial charge in [-0.15, -0.1) is 12.4 Å². The molecule has 5 rings (SSSR count). The number of piperidine rings is 1. The van der Waals surface area contributed by atoms with Crippen LogP contribution >= 0.6 is 12.4 Å². The van der Waals surface area contributed by atoms with E-state index in [9.17, 15) is 9.59 Å². The highest BCUT2D eigenvalue weighted by atomic mass is 35.5. The molecule has 0 saturated carbocycles. The Balaban J connectivity index is 0.00000336. The minimum Gasteiger partial charge on any atom is -0.497 e. The van der Waals surface area contributed by atoms with Crippen molar-refractivity contribution in [1.82, 2.24) is 15.1 Å². The summed E-state index contributed by atoms with van der Waals surface area (Å²) in [5.74, 6) is 1.25. The van der Waals surface area contributed by atoms with Crippen LogP contribution in [0.1, 0.15) is 53.4 Å². The van der Waals surface area contributed by atoms with E-state index in [-0.39, 0.29) is 29.8 Å². The summed E-state index contributed by atoms with van der Waals surface area (Å²) in [4.78, 5) is 30.6. The van der Waals surface area contributed by atoms with Crippen molar-refractivity contribution in [3.05, 3.63) is 89.9 Å². The van der Waals surface area contributed by atoms with Crippen LogP contribution < -0.4 is 10.1 Å². The molecule has 3 aromatic rings. The Kier molecular flexibility index (Phi) is 9.13. The predicted molar refractivity (Wildman–Crippen MR) is 148 cm³/mol. The molecule has 2 aliphatic heterocycles. The Morgan fingerprint density at radius 2 is 1.71 bits per heavy atom. The molecule has 2 fully saturated rings. The number of ether oxygens (including phenoxy) is 1. The summed E-state index contributed by atoms with van der Waals surface area (Å²) in [7, 11) is 1.66. The lowest BCUT2D eigenvalue weighted by molar-refractivity contribution is -0.138. The first-order chi connectivity index (χ1) is 18.1. The molecule has 2 amide bonds. The summed E-state index contributed by atoms with van der Waals surface area (Å²) in [5, 5.41) is 3.14. The maximum atomic E-state index is 13.4. The third-order valence-electron chi connectivity index (χ3n) is 7.93. The fraction of sp³-hybridized carbons (Fsp3) is 0.400. The van der Waals surface area contributed by atoms with Crippen LogP contribution in [0, 0.1) is 5.41 Å². The van der Waals surface area contributed by atoms with Gasteiger partial charge in [-0.3, -0.25) is 9.59 Å². The lowest BCUT2D eigenvalue weighted by Gasteiger charge is -2.38. The summed E-state index contributed by atoms with van der Waals surface area (Å²) in [6.07, 6.45) is 5.01. The zero-order valence-electron chi connectivity index (χ0n) is 21.8. The number of nitrogens with zero attached hydrogens (tertiary/aromatic N) is 2. The van der Waals surface area contributed by atoms with Gasteiger partial charge in [0.2, 0.25) is 5.91 Å². The van der Waals surface area contributed by atoms with Gasteiger partial charge < -0.3 is 24.3 Å². The van der Waals surface area contributed by atoms with Gasteiger partial charge in [-0.05, 0) is 74.2 Å². The Hall–Kier alpha value is -3.29. The van der Waals surface area contributed by atoms with Gasteiger partial charge in [-0.25, -0.2) is 0 Å². The highest BCUT2D eigenvalue weighted by molar-refractivity contribution is 5.91. The standard InChI is InChI=1S/C30H35N3O4.ClH/c1-36-25-11-9-23(10-12-25)22-33-20-16-30(29(33)35)14-18-32(19-15-30)17-13-26(24-6-3-2-4-7-24)31-28(34)27-8-5-21-37-27;/h2-12,21,26H,13-20,22H2,1H3,(H,31,34);1H. The van der Waals surface area contributed by atoms with E-state index in [1.54, 1.807) is 19.2 Å². The number of amides is 2. The van der Waals surface area contributed by atoms with Gasteiger partial charge in [-0.2, -0.15) is 0 Å². The van der Waals surface area contributed by atoms with Gasteiger partial charge >= 0.3 is 0 Å². The van der Waals surface area contributed by atoms with Gasteiger partial charge in [0.25, 0.3) is 5.91 Å². The van der Waals surface area contributed by atoms with Gasteiger partial charge in [-0.1, -0.05) is 42.5 Å². The number of carbonyl (C=O) groups is 2. The molecule has 7 nitrogen and oxygen atoms in total. The van der Waals surface area contributed by atoms with E-state index in [1.807, 2.05) is 59.5 Å². The molecule has 0 bridgehead atoms. The number of nitrogens with one attached hydrogen (secondary N) is 1. The largest absolute Gasteiger partial charge is 0.497 e. The van der Waals surface area contributed by atoms with E-state index in [2.05, 4.69) is 10.2 Å². The zero-order valence-corrected chi connectivity index (χ0v) is 22.6. The van der Waals surface area contributed by atoms with Crippen LogP contribution in [0.25, 0.3) is 0 Å². The summed E-state index contributed by atoms with van der Waals surface area (Å²) in [5.41, 5.74) is 1.98. The third-order valence-corrected chi connectivity index (χ3v) is 7.93. The topological polar surface area (TPSA) is 75.0 Å². The average molecular weight is 538 g/mol. The smallest absolute Gasteiger partial charge is 0.287 e. The number of halogens is 1. The van der Waals surface area contributed by atoms with Crippen molar-refractivity contribution in [1.29, 1.82) is 0 Å². The molecule has 0 aliphatic carbocycles. The Morgan fingerprint density at radius 1 is 1.00 bits per heavy atom. The molecule has 8 heteroatoms. The van der Waals surface area contributed by atoms with Crippen LogP contribution in [0.2, 0.25) is 0 Å². The molecule has 1 unspecified atom stereocenters. The quantitative estimate of drug-likeness (QED) is 0.412. The number of benzene rings is 2. The summed E-state index contributed by atoms with van der Waals surface area (Å²) < 4.78 is 10.5. The van der Waals surface area contributed by atoms with Gasteiger partial charge in [0.15, 0.2) is 5.76 Å². The fourth-order valence-corrected chi connectivity index (χ4v) is 5.62. The second kappa shape index (κ2) is 12.5. The van der Waals surface area contributed by atoms with Crippen LogP contribution in [0.3, 0.4) is 0 Å². The highest BCUT2D eigenvalue weighted by Gasteiger charge is 2.47. The average Bonchev–Trinajstić information content (AvgIpc) is 3.58. The molecule has 38 heavy (non-hydrogen) atoms. The Labute approximate surface area is 230 Å². The van der Waals surface area contributed by atoms with E-state index < -0.39 is 0 Å². The molecule has 1 N–H and O–H groups in total. The van der Waals surface area contributed by atoms with Gasteiger partial charge in [0.1, 0.15) is 5.75 Å². The number of carbonyl (C=O) groups excluding carboxylic acids is 2. The number of rotatable bonds is 9. The molecule has 1 spiro atoms. The lowest BCUT2D eigenvalue weighted by atomic mass is 9.77. The van der Waals surface area contributed by atoms with E-state index in [1.165, 1.54) is 6.26 Å². The molecule has 2 saturated heterocycles. The normalized spacial score (nSPS) is 17.7. The third kappa shape index (κ3) is 6.22. The molecule has 0 radical (unpaired) electrons. The Morgan fingerprint density at radius 3 is 2.37 bits per heavy atom. The SMILES string of the molecule is COc1ccc(CN2CCC3(CCN(CCC(NC(=O)c4ccco4)c4ccccc4)CC3)C2=O)cc1.Cl. The predicted octanol–water partition coefficient (Wildman–Crippen LogP) is 5.09. The first-order valence-electron chi connectivity index (χ1n) is 13.1. The van der Waals surface area contributed by atoms with Crippen molar-refractivity contribution < 1.29 is 18.7 Å². The number of furan rings is 1. The molecular weight excluding hydrogens is 502 g/mol. The van der Waals surface area contributed by atoms with Crippen molar-refractivity contribution >= 4 is 24.2 Å². The van der Waals surface area contributed by atoms with E-state index in [0.29, 0.717) is 18.2 Å². The zero-order chi connectivity index (χ0) is 25.7. The van der Waals surface area contributed by atoms with Crippen molar-refractivity contribution in [2.75, 3.05) is 33.3 Å². The second-order valence-corrected chi connectivity index (χ2v) is 10.1. The number of methoxy groups -OCH3 is 1. The van der Waals surface area contributed by atoms with Gasteiger partial charge in [0, 0.05) is 19.6 Å². The first kappa shape index (κ1) is 27.7. The highest BCUT2D eigenvalue weighted by Crippen LogP contribution is 2.42. The number of hydrogen-bond acceptors (Lipinski definition) is 5. The minimum atomic E-state index is -0.227. The maximum absolute atomic E-state index is 13.4. The number of likely N-dealkylation sites (tertiary alicyclic amines) is 2. The molecule has 3 heterocycles. The van der Waals surface area contributed by atoms with Crippen LogP contribution in [0.15, 0.2) is 77.4 Å². The van der Waals surface area contributed by atoms with Crippen LogP contribution in [0.5, 0.6) is 5.75 Å². The molecule has 2 aliphatic rings. The minimum absolute atomic E-state index is 0. The lowest BCUT2D eigenvalue weighted by Crippen LogP contribution is -2.45. The maximum Gasteiger partial charge on any atom is 0.287 e. The van der Waals surface area contributed by atoms with Crippen LogP contribution in [-0.4, -0.2) is 54.9 Å². The van der Waals surface area contributed by atoms with Gasteiger partial charge in [0.05, 0.1) is 24.8 Å². The summed E-state index contributed by atoms with van der Waals surface area (Å²) >= 11 is 0. The van der Waals surface area contributed by atoms with Crippen molar-refractivity contribution in [2.24, 2.45) is 5.41 Å². The molecular formula is C30H36ClN3O4. The fourth-order valence-electron chi connectivity index (χ4n) is 5.62. The van der Waals surface area contributed by atoms with Crippen molar-refractivity contribution in [2.45, 2.75) is 38.3 Å². The van der Waals surface area contributed by atoms with Crippen LogP contribution in [-0.2, 0) is 11.3 Å². The summed E-state index contributed by atoms with van der Waals surface area (Å²) in [6.45, 7) is 4.13. The van der Waals surface area contributed by atoms with Crippen LogP contribution in [0.4, 0.5) is 0 Å².